The third kappa shape index (κ3) is 4.38. The zero-order chi connectivity index (χ0) is 14.4. The van der Waals surface area contributed by atoms with E-state index in [1.807, 2.05) is 0 Å². The number of carbonyl (C=O) groups is 2. The summed E-state index contributed by atoms with van der Waals surface area (Å²) < 4.78 is 0. The van der Waals surface area contributed by atoms with Gasteiger partial charge in [0.05, 0.1) is 11.3 Å². The highest BCUT2D eigenvalue weighted by molar-refractivity contribution is 5.95. The predicted molar refractivity (Wildman–Crippen MR) is 73.4 cm³/mol. The number of hydrogen-bond acceptors (Lipinski definition) is 4. The van der Waals surface area contributed by atoms with E-state index in [4.69, 9.17) is 10.8 Å². The molecule has 0 fully saturated rings. The van der Waals surface area contributed by atoms with Crippen LogP contribution in [0.4, 0.5) is 16.2 Å². The number of anilines is 2. The lowest BCUT2D eigenvalue weighted by molar-refractivity contribution is 0.0698. The molecule has 2 amide bonds. The Morgan fingerprint density at radius 3 is 2.58 bits per heavy atom. The first-order chi connectivity index (χ1) is 8.91. The molecule has 1 aromatic carbocycles. The van der Waals surface area contributed by atoms with E-state index < -0.39 is 5.97 Å². The summed E-state index contributed by atoms with van der Waals surface area (Å²) >= 11 is 0. The van der Waals surface area contributed by atoms with E-state index in [-0.39, 0.29) is 11.6 Å². The van der Waals surface area contributed by atoms with Crippen molar-refractivity contribution in [2.24, 2.45) is 0 Å². The van der Waals surface area contributed by atoms with E-state index in [0.29, 0.717) is 24.5 Å². The third-order valence-corrected chi connectivity index (χ3v) is 2.40. The van der Waals surface area contributed by atoms with Crippen LogP contribution in [0.25, 0.3) is 0 Å². The second-order valence-corrected chi connectivity index (χ2v) is 4.16. The molecule has 0 aliphatic heterocycles. The number of aromatic carboxylic acids is 1. The average molecular weight is 266 g/mol. The van der Waals surface area contributed by atoms with Crippen LogP contribution in [0.15, 0.2) is 18.2 Å². The van der Waals surface area contributed by atoms with Crippen LogP contribution in [0.2, 0.25) is 0 Å². The summed E-state index contributed by atoms with van der Waals surface area (Å²) in [4.78, 5) is 23.7. The van der Waals surface area contributed by atoms with E-state index >= 15 is 0 Å². The monoisotopic (exact) mass is 266 g/mol. The third-order valence-electron chi connectivity index (χ3n) is 2.40. The molecule has 0 unspecified atom stereocenters. The Kier molecular flexibility index (Phi) is 4.99. The van der Waals surface area contributed by atoms with Crippen LogP contribution >= 0.6 is 0 Å². The largest absolute Gasteiger partial charge is 0.478 e. The van der Waals surface area contributed by atoms with Crippen molar-refractivity contribution in [3.8, 4) is 0 Å². The number of nitrogens with zero attached hydrogens (tertiary/aromatic N) is 1. The van der Waals surface area contributed by atoms with Crippen molar-refractivity contribution in [1.82, 2.24) is 10.2 Å². The minimum Gasteiger partial charge on any atom is -0.478 e. The van der Waals surface area contributed by atoms with E-state index in [9.17, 15) is 9.59 Å². The van der Waals surface area contributed by atoms with Crippen LogP contribution in [0.3, 0.4) is 0 Å². The van der Waals surface area contributed by atoms with Gasteiger partial charge in [-0.05, 0) is 18.2 Å². The Morgan fingerprint density at radius 2 is 2.00 bits per heavy atom. The highest BCUT2D eigenvalue weighted by atomic mass is 16.4. The molecule has 0 heterocycles. The molecule has 0 radical (unpaired) electrons. The number of nitrogens with one attached hydrogen (secondary N) is 2. The van der Waals surface area contributed by atoms with Crippen LogP contribution in [-0.4, -0.2) is 49.2 Å². The molecular weight excluding hydrogens is 248 g/mol. The Hall–Kier alpha value is -2.44. The van der Waals surface area contributed by atoms with Gasteiger partial charge in [-0.15, -0.1) is 0 Å². The Morgan fingerprint density at radius 1 is 1.32 bits per heavy atom. The van der Waals surface area contributed by atoms with Crippen molar-refractivity contribution in [3.63, 3.8) is 0 Å². The van der Waals surface area contributed by atoms with Gasteiger partial charge in [0.1, 0.15) is 0 Å². The van der Waals surface area contributed by atoms with E-state index in [1.165, 1.54) is 17.0 Å². The summed E-state index contributed by atoms with van der Waals surface area (Å²) in [7, 11) is 3.28. The van der Waals surface area contributed by atoms with Crippen molar-refractivity contribution in [1.29, 1.82) is 0 Å². The topological polar surface area (TPSA) is 108 Å². The van der Waals surface area contributed by atoms with Gasteiger partial charge in [0.25, 0.3) is 0 Å². The Balaban J connectivity index is 2.55. The number of carboxylic acids is 1. The standard InChI is InChI=1S/C12H18N4O3/c1-16(2)12(19)15-6-5-14-10-7-8(13)3-4-9(10)11(17)18/h3-4,7,14H,5-6,13H2,1-2H3,(H,15,19)(H,17,18). The maximum absolute atomic E-state index is 11.3. The summed E-state index contributed by atoms with van der Waals surface area (Å²) in [6.45, 7) is 0.786. The number of nitrogens with two attached hydrogens (primary N) is 1. The molecule has 0 aromatic heterocycles. The zero-order valence-electron chi connectivity index (χ0n) is 10.9. The van der Waals surface area contributed by atoms with Crippen molar-refractivity contribution in [3.05, 3.63) is 23.8 Å². The van der Waals surface area contributed by atoms with Crippen LogP contribution in [0, 0.1) is 0 Å². The van der Waals surface area contributed by atoms with Crippen LogP contribution in [0.1, 0.15) is 10.4 Å². The lowest BCUT2D eigenvalue weighted by atomic mass is 10.1. The number of nitrogen functional groups attached to an aromatic ring is 1. The molecule has 0 atom stereocenters. The molecule has 5 N–H and O–H groups in total. The SMILES string of the molecule is CN(C)C(=O)NCCNc1cc(N)ccc1C(=O)O. The van der Waals surface area contributed by atoms with Gasteiger partial charge < -0.3 is 26.4 Å². The van der Waals surface area contributed by atoms with Gasteiger partial charge in [0, 0.05) is 32.9 Å². The first kappa shape index (κ1) is 14.6. The fourth-order valence-electron chi connectivity index (χ4n) is 1.42. The number of rotatable bonds is 5. The lowest BCUT2D eigenvalue weighted by Gasteiger charge is -2.13. The average Bonchev–Trinajstić information content (AvgIpc) is 2.33. The summed E-state index contributed by atoms with van der Waals surface area (Å²) in [5.41, 5.74) is 6.67. The molecule has 0 aliphatic rings. The van der Waals surface area contributed by atoms with Gasteiger partial charge in [-0.2, -0.15) is 0 Å². The van der Waals surface area contributed by atoms with E-state index in [0.717, 1.165) is 0 Å². The first-order valence-corrected chi connectivity index (χ1v) is 5.73. The van der Waals surface area contributed by atoms with Crippen molar-refractivity contribution < 1.29 is 14.7 Å². The van der Waals surface area contributed by atoms with E-state index in [2.05, 4.69) is 10.6 Å². The second-order valence-electron chi connectivity index (χ2n) is 4.16. The molecule has 0 spiro atoms. The molecular formula is C12H18N4O3. The molecule has 1 aromatic rings. The minimum atomic E-state index is -1.03. The Bertz CT molecular complexity index is 474. The highest BCUT2D eigenvalue weighted by Gasteiger charge is 2.09. The minimum absolute atomic E-state index is 0.146. The van der Waals surface area contributed by atoms with Gasteiger partial charge >= 0.3 is 12.0 Å². The van der Waals surface area contributed by atoms with Crippen LogP contribution in [-0.2, 0) is 0 Å². The quantitative estimate of drug-likeness (QED) is 0.462. The maximum atomic E-state index is 11.3. The molecule has 0 saturated carbocycles. The summed E-state index contributed by atoms with van der Waals surface area (Å²) in [5.74, 6) is -1.03. The highest BCUT2D eigenvalue weighted by Crippen LogP contribution is 2.18. The number of carboxylic acid groups (broad SMARTS) is 1. The predicted octanol–water partition coefficient (Wildman–Crippen LogP) is 0.650. The lowest BCUT2D eigenvalue weighted by Crippen LogP contribution is -2.37. The molecule has 0 saturated heterocycles. The number of carbonyl (C=O) groups excluding carboxylic acids is 1. The molecule has 104 valence electrons. The molecule has 0 bridgehead atoms. The number of benzene rings is 1. The number of hydrogen-bond donors (Lipinski definition) is 4. The van der Waals surface area contributed by atoms with Crippen LogP contribution in [0.5, 0.6) is 0 Å². The summed E-state index contributed by atoms with van der Waals surface area (Å²) in [5, 5.41) is 14.6. The van der Waals surface area contributed by atoms with Gasteiger partial charge in [-0.3, -0.25) is 0 Å². The molecule has 7 heteroatoms. The number of urea groups is 1. The maximum Gasteiger partial charge on any atom is 0.337 e. The van der Waals surface area contributed by atoms with Gasteiger partial charge in [0.15, 0.2) is 0 Å². The summed E-state index contributed by atoms with van der Waals surface area (Å²) in [6, 6.07) is 4.32. The van der Waals surface area contributed by atoms with Crippen molar-refractivity contribution in [2.75, 3.05) is 38.2 Å². The number of amides is 2. The van der Waals surface area contributed by atoms with Gasteiger partial charge in [-0.25, -0.2) is 9.59 Å². The second kappa shape index (κ2) is 6.48. The molecule has 19 heavy (non-hydrogen) atoms. The smallest absolute Gasteiger partial charge is 0.337 e. The normalized spacial score (nSPS) is 9.79. The van der Waals surface area contributed by atoms with Gasteiger partial charge in [0.2, 0.25) is 0 Å². The zero-order valence-corrected chi connectivity index (χ0v) is 10.9. The van der Waals surface area contributed by atoms with Crippen molar-refractivity contribution >= 4 is 23.4 Å². The molecule has 7 nitrogen and oxygen atoms in total. The van der Waals surface area contributed by atoms with Crippen molar-refractivity contribution in [2.45, 2.75) is 0 Å². The molecule has 1 rings (SSSR count). The first-order valence-electron chi connectivity index (χ1n) is 5.73. The van der Waals surface area contributed by atoms with E-state index in [1.54, 1.807) is 20.2 Å². The van der Waals surface area contributed by atoms with Crippen LogP contribution < -0.4 is 16.4 Å². The fourth-order valence-corrected chi connectivity index (χ4v) is 1.42. The summed E-state index contributed by atoms with van der Waals surface area (Å²) in [6.07, 6.45) is 0. The molecule has 0 aliphatic carbocycles. The Labute approximate surface area is 111 Å². The fraction of sp³-hybridized carbons (Fsp3) is 0.333. The van der Waals surface area contributed by atoms with Gasteiger partial charge in [-0.1, -0.05) is 0 Å².